The lowest BCUT2D eigenvalue weighted by Gasteiger charge is -2.21. The molecule has 4 amide bonds. The van der Waals surface area contributed by atoms with Gasteiger partial charge < -0.3 is 10.2 Å². The number of urea groups is 1. The molecule has 6 nitrogen and oxygen atoms in total. The van der Waals surface area contributed by atoms with Crippen LogP contribution >= 0.6 is 0 Å². The van der Waals surface area contributed by atoms with Crippen molar-refractivity contribution in [1.82, 2.24) is 4.90 Å². The summed E-state index contributed by atoms with van der Waals surface area (Å²) in [5, 5.41) is 2.80. The summed E-state index contributed by atoms with van der Waals surface area (Å²) in [5.41, 5.74) is 3.15. The number of hydrogen-bond acceptors (Lipinski definition) is 3. The third-order valence-electron chi connectivity index (χ3n) is 5.24. The zero-order valence-electron chi connectivity index (χ0n) is 17.2. The predicted molar refractivity (Wildman–Crippen MR) is 120 cm³/mol. The highest BCUT2D eigenvalue weighted by Crippen LogP contribution is 2.28. The first-order valence-electron chi connectivity index (χ1n) is 10.1. The van der Waals surface area contributed by atoms with Gasteiger partial charge in [-0.05, 0) is 36.8 Å². The minimum atomic E-state index is -0.877. The summed E-state index contributed by atoms with van der Waals surface area (Å²) in [5.74, 6) is -0.715. The first-order chi connectivity index (χ1) is 15.0. The Morgan fingerprint density at radius 3 is 2.13 bits per heavy atom. The van der Waals surface area contributed by atoms with Crippen molar-refractivity contribution in [1.29, 1.82) is 0 Å². The summed E-state index contributed by atoms with van der Waals surface area (Å²) in [6.45, 7) is 2.24. The fraction of sp³-hybridized carbons (Fsp3) is 0.160. The van der Waals surface area contributed by atoms with E-state index in [2.05, 4.69) is 5.32 Å². The summed E-state index contributed by atoms with van der Waals surface area (Å²) in [4.78, 5) is 41.8. The fourth-order valence-corrected chi connectivity index (χ4v) is 3.63. The molecule has 3 aromatic rings. The lowest BCUT2D eigenvalue weighted by atomic mass is 10.1. The molecule has 31 heavy (non-hydrogen) atoms. The first kappa shape index (κ1) is 20.3. The van der Waals surface area contributed by atoms with Gasteiger partial charge in [0.2, 0.25) is 5.91 Å². The lowest BCUT2D eigenvalue weighted by Crippen LogP contribution is -2.37. The van der Waals surface area contributed by atoms with Crippen LogP contribution in [0.1, 0.15) is 17.5 Å². The minimum Gasteiger partial charge on any atom is -0.326 e. The normalized spacial score (nSPS) is 16.0. The number of rotatable bonds is 6. The molecule has 6 heteroatoms. The van der Waals surface area contributed by atoms with Gasteiger partial charge in [0.25, 0.3) is 5.91 Å². The Morgan fingerprint density at radius 1 is 0.871 bits per heavy atom. The number of carbonyl (C=O) groups excluding carboxylic acids is 3. The van der Waals surface area contributed by atoms with Gasteiger partial charge in [-0.25, -0.2) is 9.69 Å². The molecule has 156 valence electrons. The number of para-hydroxylation sites is 2. The average molecular weight is 413 g/mol. The monoisotopic (exact) mass is 413 g/mol. The molecule has 4 rings (SSSR count). The van der Waals surface area contributed by atoms with Gasteiger partial charge in [0.15, 0.2) is 0 Å². The lowest BCUT2D eigenvalue weighted by molar-refractivity contribution is -0.124. The number of nitrogens with one attached hydrogen (secondary N) is 1. The Morgan fingerprint density at radius 2 is 1.48 bits per heavy atom. The van der Waals surface area contributed by atoms with E-state index < -0.39 is 18.0 Å². The van der Waals surface area contributed by atoms with Crippen LogP contribution in [0, 0.1) is 6.92 Å². The highest BCUT2D eigenvalue weighted by Gasteiger charge is 2.46. The highest BCUT2D eigenvalue weighted by molar-refractivity contribution is 6.22. The number of amides is 4. The zero-order chi connectivity index (χ0) is 21.8. The van der Waals surface area contributed by atoms with Crippen LogP contribution in [0.4, 0.5) is 16.2 Å². The van der Waals surface area contributed by atoms with Crippen molar-refractivity contribution in [3.63, 3.8) is 0 Å². The summed E-state index contributed by atoms with van der Waals surface area (Å²) in [6.07, 6.45) is -0.116. The van der Waals surface area contributed by atoms with Crippen molar-refractivity contribution >= 4 is 29.2 Å². The zero-order valence-corrected chi connectivity index (χ0v) is 17.2. The number of anilines is 2. The average Bonchev–Trinajstić information content (AvgIpc) is 3.00. The van der Waals surface area contributed by atoms with Gasteiger partial charge in [-0.15, -0.1) is 0 Å². The molecule has 1 atom stereocenters. The van der Waals surface area contributed by atoms with Crippen LogP contribution in [-0.4, -0.2) is 28.8 Å². The van der Waals surface area contributed by atoms with Crippen LogP contribution in [0.25, 0.3) is 0 Å². The molecule has 0 aromatic heterocycles. The van der Waals surface area contributed by atoms with Gasteiger partial charge in [-0.2, -0.15) is 0 Å². The van der Waals surface area contributed by atoms with Gasteiger partial charge in [0.05, 0.1) is 12.1 Å². The molecule has 1 heterocycles. The molecular formula is C25H23N3O3. The number of carbonyl (C=O) groups is 3. The molecular weight excluding hydrogens is 390 g/mol. The van der Waals surface area contributed by atoms with E-state index >= 15 is 0 Å². The number of imide groups is 1. The van der Waals surface area contributed by atoms with Crippen LogP contribution in [0.2, 0.25) is 0 Å². The molecule has 3 aromatic carbocycles. The van der Waals surface area contributed by atoms with Gasteiger partial charge in [-0.1, -0.05) is 66.2 Å². The van der Waals surface area contributed by atoms with Crippen LogP contribution in [0.3, 0.4) is 0 Å². The van der Waals surface area contributed by atoms with Crippen molar-refractivity contribution in [2.75, 3.05) is 10.2 Å². The Hall–Kier alpha value is -3.93. The largest absolute Gasteiger partial charge is 0.332 e. The summed E-state index contributed by atoms with van der Waals surface area (Å²) in [7, 11) is 0. The van der Waals surface area contributed by atoms with Crippen molar-refractivity contribution in [3.8, 4) is 0 Å². The van der Waals surface area contributed by atoms with E-state index in [-0.39, 0.29) is 18.9 Å². The third kappa shape index (κ3) is 4.48. The van der Waals surface area contributed by atoms with Gasteiger partial charge in [-0.3, -0.25) is 9.59 Å². The summed E-state index contributed by atoms with van der Waals surface area (Å²) >= 11 is 0. The van der Waals surface area contributed by atoms with Crippen molar-refractivity contribution < 1.29 is 14.4 Å². The smallest absolute Gasteiger partial charge is 0.326 e. The molecule has 1 saturated heterocycles. The maximum absolute atomic E-state index is 13.2. The molecule has 0 radical (unpaired) electrons. The SMILES string of the molecule is Cc1ccc(CN2C(=O)N(c3ccccc3)C(=O)[C@H]2CC(=O)Nc2ccccc2)cc1. The van der Waals surface area contributed by atoms with E-state index in [1.807, 2.05) is 55.5 Å². The van der Waals surface area contributed by atoms with Crippen LogP contribution in [0.5, 0.6) is 0 Å². The second-order valence-electron chi connectivity index (χ2n) is 7.54. The van der Waals surface area contributed by atoms with Gasteiger partial charge in [0, 0.05) is 12.2 Å². The van der Waals surface area contributed by atoms with E-state index in [0.717, 1.165) is 16.0 Å². The number of hydrogen-bond donors (Lipinski definition) is 1. The van der Waals surface area contributed by atoms with E-state index in [9.17, 15) is 14.4 Å². The standard InChI is InChI=1S/C25H23N3O3/c1-18-12-14-19(15-13-18)17-27-22(16-23(29)26-20-8-4-2-5-9-20)24(30)28(25(27)31)21-10-6-3-7-11-21/h2-15,22H,16-17H2,1H3,(H,26,29)/t22-/m1/s1. The number of nitrogens with zero attached hydrogens (tertiary/aromatic N) is 2. The van der Waals surface area contributed by atoms with E-state index in [1.165, 1.54) is 4.90 Å². The Balaban J connectivity index is 1.60. The van der Waals surface area contributed by atoms with E-state index in [4.69, 9.17) is 0 Å². The summed E-state index contributed by atoms with van der Waals surface area (Å²) in [6, 6.07) is 24.3. The Bertz CT molecular complexity index is 1080. The Labute approximate surface area is 181 Å². The molecule has 1 fully saturated rings. The molecule has 0 aliphatic carbocycles. The van der Waals surface area contributed by atoms with Crippen molar-refractivity contribution in [2.24, 2.45) is 0 Å². The summed E-state index contributed by atoms with van der Waals surface area (Å²) < 4.78 is 0. The maximum atomic E-state index is 13.2. The van der Waals surface area contributed by atoms with Crippen molar-refractivity contribution in [2.45, 2.75) is 25.9 Å². The third-order valence-corrected chi connectivity index (χ3v) is 5.24. The second kappa shape index (κ2) is 8.83. The van der Waals surface area contributed by atoms with Crippen LogP contribution in [-0.2, 0) is 16.1 Å². The maximum Gasteiger partial charge on any atom is 0.332 e. The van der Waals surface area contributed by atoms with Crippen molar-refractivity contribution in [3.05, 3.63) is 96.1 Å². The molecule has 0 spiro atoms. The number of aryl methyl sites for hydroxylation is 1. The minimum absolute atomic E-state index is 0.116. The molecule has 0 unspecified atom stereocenters. The van der Waals surface area contributed by atoms with Gasteiger partial charge in [0.1, 0.15) is 6.04 Å². The predicted octanol–water partition coefficient (Wildman–Crippen LogP) is 4.36. The molecule has 1 aliphatic heterocycles. The number of benzene rings is 3. The van der Waals surface area contributed by atoms with Gasteiger partial charge >= 0.3 is 6.03 Å². The molecule has 1 aliphatic rings. The van der Waals surface area contributed by atoms with Crippen LogP contribution < -0.4 is 10.2 Å². The fourth-order valence-electron chi connectivity index (χ4n) is 3.63. The van der Waals surface area contributed by atoms with Crippen LogP contribution in [0.15, 0.2) is 84.9 Å². The first-order valence-corrected chi connectivity index (χ1v) is 10.1. The Kier molecular flexibility index (Phi) is 5.80. The van der Waals surface area contributed by atoms with E-state index in [1.54, 1.807) is 36.4 Å². The molecule has 1 N–H and O–H groups in total. The molecule has 0 bridgehead atoms. The topological polar surface area (TPSA) is 69.7 Å². The quantitative estimate of drug-likeness (QED) is 0.611. The molecule has 0 saturated carbocycles. The highest BCUT2D eigenvalue weighted by atomic mass is 16.2. The van der Waals surface area contributed by atoms with E-state index in [0.29, 0.717) is 11.4 Å². The second-order valence-corrected chi connectivity index (χ2v) is 7.54.